The maximum absolute atomic E-state index is 15.2. The molecule has 5 heteroatoms. The van der Waals surface area contributed by atoms with E-state index in [-0.39, 0.29) is 10.9 Å². The van der Waals surface area contributed by atoms with E-state index >= 15 is 4.39 Å². The molecule has 0 spiro atoms. The minimum Gasteiger partial charge on any atom is -0.412 e. The molecule has 0 unspecified atom stereocenters. The predicted molar refractivity (Wildman–Crippen MR) is 119 cm³/mol. The van der Waals surface area contributed by atoms with Crippen LogP contribution in [0.1, 0.15) is 26.3 Å². The first-order valence-electron chi connectivity index (χ1n) is 10.2. The van der Waals surface area contributed by atoms with Gasteiger partial charge in [-0.15, -0.1) is 0 Å². The summed E-state index contributed by atoms with van der Waals surface area (Å²) in [5.74, 6) is -0.130. The van der Waals surface area contributed by atoms with Crippen LogP contribution in [0.25, 0.3) is 0 Å². The number of piperazine rings is 1. The predicted octanol–water partition coefficient (Wildman–Crippen LogP) is 5.67. The molecule has 0 aromatic heterocycles. The zero-order valence-corrected chi connectivity index (χ0v) is 18.8. The molecule has 3 rings (SSSR count). The molecular weight excluding hydrogens is 367 g/mol. The van der Waals surface area contributed by atoms with Gasteiger partial charge in [-0.25, -0.2) is 4.39 Å². The van der Waals surface area contributed by atoms with E-state index in [0.29, 0.717) is 17.9 Å². The lowest BCUT2D eigenvalue weighted by Crippen LogP contribution is -2.46. The van der Waals surface area contributed by atoms with Crippen LogP contribution in [0.5, 0.6) is 0 Å². The lowest BCUT2D eigenvalue weighted by molar-refractivity contribution is 0.271. The number of rotatable bonds is 5. The lowest BCUT2D eigenvalue weighted by Gasteiger charge is -2.38. The van der Waals surface area contributed by atoms with Crippen LogP contribution >= 0.6 is 0 Å². The van der Waals surface area contributed by atoms with Crippen LogP contribution in [0.3, 0.4) is 0 Å². The highest BCUT2D eigenvalue weighted by atomic mass is 28.4. The van der Waals surface area contributed by atoms with Crippen molar-refractivity contribution in [3.63, 3.8) is 0 Å². The van der Waals surface area contributed by atoms with Gasteiger partial charge < -0.3 is 14.2 Å². The number of anilines is 2. The van der Waals surface area contributed by atoms with Crippen LogP contribution in [0.15, 0.2) is 48.5 Å². The fourth-order valence-electron chi connectivity index (χ4n) is 3.24. The minimum absolute atomic E-state index is 0.120. The number of hydrogen-bond acceptors (Lipinski definition) is 3. The summed E-state index contributed by atoms with van der Waals surface area (Å²) in [7, 11) is -1.90. The average Bonchev–Trinajstić information content (AvgIpc) is 2.67. The number of halogens is 1. The Morgan fingerprint density at radius 2 is 1.50 bits per heavy atom. The molecule has 1 aliphatic heterocycles. The van der Waals surface area contributed by atoms with Crippen molar-refractivity contribution >= 4 is 19.7 Å². The summed E-state index contributed by atoms with van der Waals surface area (Å²) in [6.45, 7) is 14.8. The summed E-state index contributed by atoms with van der Waals surface area (Å²) >= 11 is 0. The Morgan fingerprint density at radius 1 is 0.893 bits per heavy atom. The molecule has 0 amide bonds. The van der Waals surface area contributed by atoms with Gasteiger partial charge in [-0.1, -0.05) is 51.1 Å². The third-order valence-electron chi connectivity index (χ3n) is 6.19. The second kappa shape index (κ2) is 8.25. The zero-order valence-electron chi connectivity index (χ0n) is 17.8. The lowest BCUT2D eigenvalue weighted by atomic mass is 10.1. The average molecular weight is 401 g/mol. The van der Waals surface area contributed by atoms with Crippen molar-refractivity contribution in [2.24, 2.45) is 0 Å². The Hall–Kier alpha value is -1.85. The molecule has 1 heterocycles. The van der Waals surface area contributed by atoms with E-state index in [1.165, 1.54) is 5.69 Å². The van der Waals surface area contributed by atoms with Crippen LogP contribution < -0.4 is 9.80 Å². The molecule has 1 saturated heterocycles. The molecule has 0 saturated carbocycles. The molecule has 3 nitrogen and oxygen atoms in total. The number of hydrogen-bond donors (Lipinski definition) is 0. The molecule has 28 heavy (non-hydrogen) atoms. The Labute approximate surface area is 170 Å². The smallest absolute Gasteiger partial charge is 0.192 e. The fraction of sp³-hybridized carbons (Fsp3) is 0.478. The van der Waals surface area contributed by atoms with Gasteiger partial charge in [-0.2, -0.15) is 0 Å². The van der Waals surface area contributed by atoms with E-state index in [4.69, 9.17) is 4.43 Å². The molecule has 1 aliphatic rings. The van der Waals surface area contributed by atoms with Gasteiger partial charge in [0.1, 0.15) is 0 Å². The van der Waals surface area contributed by atoms with Gasteiger partial charge in [0.05, 0.1) is 12.3 Å². The quantitative estimate of drug-likeness (QED) is 0.601. The molecule has 0 N–H and O–H groups in total. The van der Waals surface area contributed by atoms with Crippen LogP contribution in [0, 0.1) is 5.82 Å². The highest BCUT2D eigenvalue weighted by Crippen LogP contribution is 2.37. The van der Waals surface area contributed by atoms with E-state index in [0.717, 1.165) is 26.2 Å². The highest BCUT2D eigenvalue weighted by molar-refractivity contribution is 6.74. The van der Waals surface area contributed by atoms with Crippen LogP contribution in [0.4, 0.5) is 15.8 Å². The second-order valence-electron chi connectivity index (χ2n) is 9.11. The number of para-hydroxylation sites is 1. The minimum atomic E-state index is -1.90. The first-order chi connectivity index (χ1) is 13.2. The van der Waals surface area contributed by atoms with Crippen LogP contribution in [0.2, 0.25) is 18.1 Å². The molecule has 0 bridgehead atoms. The summed E-state index contributed by atoms with van der Waals surface area (Å²) in [6.07, 6.45) is 0. The molecule has 2 aromatic carbocycles. The maximum Gasteiger partial charge on any atom is 0.192 e. The largest absolute Gasteiger partial charge is 0.412 e. The number of nitrogens with zero attached hydrogens (tertiary/aromatic N) is 2. The molecule has 0 aliphatic carbocycles. The first kappa shape index (κ1) is 20.9. The number of benzene rings is 2. The first-order valence-corrected chi connectivity index (χ1v) is 13.1. The summed E-state index contributed by atoms with van der Waals surface area (Å²) in [5.41, 5.74) is 2.59. The van der Waals surface area contributed by atoms with Gasteiger partial charge in [-0.3, -0.25) is 0 Å². The summed E-state index contributed by atoms with van der Waals surface area (Å²) in [5, 5.41) is 0.120. The molecule has 0 atom stereocenters. The van der Waals surface area contributed by atoms with Crippen molar-refractivity contribution in [1.82, 2.24) is 0 Å². The van der Waals surface area contributed by atoms with E-state index in [2.05, 4.69) is 67.9 Å². The van der Waals surface area contributed by atoms with E-state index in [1.807, 2.05) is 24.3 Å². The van der Waals surface area contributed by atoms with Crippen LogP contribution in [-0.4, -0.2) is 34.5 Å². The third-order valence-corrected chi connectivity index (χ3v) is 10.7. The van der Waals surface area contributed by atoms with Gasteiger partial charge in [0.2, 0.25) is 0 Å². The monoisotopic (exact) mass is 400 g/mol. The van der Waals surface area contributed by atoms with E-state index in [9.17, 15) is 0 Å². The van der Waals surface area contributed by atoms with Gasteiger partial charge in [0, 0.05) is 37.4 Å². The van der Waals surface area contributed by atoms with Crippen molar-refractivity contribution in [2.75, 3.05) is 36.0 Å². The van der Waals surface area contributed by atoms with Gasteiger partial charge in [0.25, 0.3) is 0 Å². The highest BCUT2D eigenvalue weighted by Gasteiger charge is 2.37. The van der Waals surface area contributed by atoms with Crippen molar-refractivity contribution in [1.29, 1.82) is 0 Å². The van der Waals surface area contributed by atoms with Crippen LogP contribution in [-0.2, 0) is 11.0 Å². The fourth-order valence-corrected chi connectivity index (χ4v) is 4.19. The summed E-state index contributed by atoms with van der Waals surface area (Å²) in [4.78, 5) is 4.52. The normalized spacial score (nSPS) is 15.8. The standard InChI is InChI=1S/C23H33FN2OSi/c1-23(2,3)28(4,5)27-18-19-10-9-13-21(22(19)24)26-16-14-25(15-17-26)20-11-7-6-8-12-20/h6-13H,14-18H2,1-5H3. The summed E-state index contributed by atoms with van der Waals surface area (Å²) in [6, 6.07) is 16.1. The molecule has 2 aromatic rings. The Bertz CT molecular complexity index is 781. The van der Waals surface area contributed by atoms with Crippen molar-refractivity contribution in [3.8, 4) is 0 Å². The molecular formula is C23H33FN2OSi. The van der Waals surface area contributed by atoms with Gasteiger partial charge in [0.15, 0.2) is 14.1 Å². The summed E-state index contributed by atoms with van der Waals surface area (Å²) < 4.78 is 21.5. The zero-order chi connectivity index (χ0) is 20.4. The van der Waals surface area contributed by atoms with Gasteiger partial charge in [-0.05, 0) is 36.3 Å². The Kier molecular flexibility index (Phi) is 6.15. The Balaban J connectivity index is 1.67. The van der Waals surface area contributed by atoms with E-state index in [1.54, 1.807) is 0 Å². The molecule has 0 radical (unpaired) electrons. The van der Waals surface area contributed by atoms with E-state index < -0.39 is 8.32 Å². The molecule has 152 valence electrons. The Morgan fingerprint density at radius 3 is 2.11 bits per heavy atom. The van der Waals surface area contributed by atoms with Crippen molar-refractivity contribution < 1.29 is 8.82 Å². The topological polar surface area (TPSA) is 15.7 Å². The second-order valence-corrected chi connectivity index (χ2v) is 13.9. The SMILES string of the molecule is CC(C)(C)[Si](C)(C)OCc1cccc(N2CCN(c3ccccc3)CC2)c1F. The van der Waals surface area contributed by atoms with Crippen molar-refractivity contribution in [2.45, 2.75) is 45.5 Å². The van der Waals surface area contributed by atoms with Gasteiger partial charge >= 0.3 is 0 Å². The molecule has 1 fully saturated rings. The van der Waals surface area contributed by atoms with Crippen molar-refractivity contribution in [3.05, 3.63) is 59.9 Å². The third kappa shape index (κ3) is 4.58. The maximum atomic E-state index is 15.2.